The molecule has 2 aliphatic heterocycles. The molecule has 0 saturated carbocycles. The molecular formula is C55H57N5O4S2. The van der Waals surface area contributed by atoms with Crippen LogP contribution in [0.2, 0.25) is 0 Å². The van der Waals surface area contributed by atoms with Crippen LogP contribution in [0.1, 0.15) is 123 Å². The lowest BCUT2D eigenvalue weighted by molar-refractivity contribution is 0.304. The molecular weight excluding hydrogens is 859 g/mol. The third-order valence-corrected chi connectivity index (χ3v) is 16.6. The van der Waals surface area contributed by atoms with E-state index in [0.717, 1.165) is 33.4 Å². The molecule has 6 atom stereocenters. The number of sulfonamides is 2. The Morgan fingerprint density at radius 2 is 0.697 bits per heavy atom. The summed E-state index contributed by atoms with van der Waals surface area (Å²) in [4.78, 5) is 5.65. The summed E-state index contributed by atoms with van der Waals surface area (Å²) in [5, 5.41) is 7.47. The van der Waals surface area contributed by atoms with Crippen molar-refractivity contribution < 1.29 is 16.8 Å². The van der Waals surface area contributed by atoms with Crippen molar-refractivity contribution in [1.82, 2.24) is 24.2 Å². The number of nitrogens with one attached hydrogen (secondary N) is 2. The van der Waals surface area contributed by atoms with E-state index in [1.165, 1.54) is 0 Å². The molecule has 0 aliphatic carbocycles. The van der Waals surface area contributed by atoms with Crippen molar-refractivity contribution in [3.05, 3.63) is 233 Å². The molecule has 1 aromatic heterocycles. The number of nitrogens with zero attached hydrogens (tertiary/aromatic N) is 3. The molecule has 0 amide bonds. The summed E-state index contributed by atoms with van der Waals surface area (Å²) in [6.45, 7) is 12.6. The maximum atomic E-state index is 15.5. The molecule has 0 bridgehead atoms. The van der Waals surface area contributed by atoms with Crippen LogP contribution in [0.4, 0.5) is 0 Å². The highest BCUT2D eigenvalue weighted by Crippen LogP contribution is 2.51. The molecule has 7 aromatic rings. The van der Waals surface area contributed by atoms with Gasteiger partial charge in [0.2, 0.25) is 20.0 Å². The fourth-order valence-electron chi connectivity index (χ4n) is 9.42. The summed E-state index contributed by atoms with van der Waals surface area (Å²) in [7, 11) is -8.47. The van der Waals surface area contributed by atoms with Gasteiger partial charge < -0.3 is 0 Å². The minimum atomic E-state index is -4.23. The van der Waals surface area contributed by atoms with Crippen LogP contribution in [-0.2, 0) is 30.9 Å². The molecule has 0 spiro atoms. The molecule has 2 aliphatic rings. The van der Waals surface area contributed by atoms with Gasteiger partial charge in [0.05, 0.1) is 45.3 Å². The number of hydrogen-bond acceptors (Lipinski definition) is 7. The Balaban J connectivity index is 1.22. The Bertz CT molecular complexity index is 2800. The molecule has 66 heavy (non-hydrogen) atoms. The Morgan fingerprint density at radius 3 is 1.00 bits per heavy atom. The minimum Gasteiger partial charge on any atom is -0.287 e. The normalized spacial score (nSPS) is 22.1. The van der Waals surface area contributed by atoms with E-state index in [1.807, 2.05) is 164 Å². The molecule has 6 aromatic carbocycles. The van der Waals surface area contributed by atoms with Crippen molar-refractivity contribution >= 4 is 20.0 Å². The first kappa shape index (κ1) is 45.4. The van der Waals surface area contributed by atoms with Gasteiger partial charge in [-0.3, -0.25) is 15.6 Å². The Labute approximate surface area is 390 Å². The van der Waals surface area contributed by atoms with Gasteiger partial charge in [0.1, 0.15) is 12.3 Å². The Morgan fingerprint density at radius 1 is 0.394 bits per heavy atom. The standard InChI is InChI=1S/C55H57N5O4S2/c1-54(2,3)42-30-34-44(35-31-42)65(61,62)59-50(40-24-15-9-16-25-40)48(38-20-11-7-12-21-38)57-52(59)46-28-19-29-47(56-46)53-58-49(39-22-13-8-14-23-39)51(41-26-17-10-18-27-41)60(53)66(63,64)45-36-32-43(33-37-45)55(4,5)6/h7-37,48-53,57-58H,1-6H3/t48-,49-,50-,51-,52+,53+/m1/s1. The van der Waals surface area contributed by atoms with Crippen molar-refractivity contribution in [3.63, 3.8) is 0 Å². The molecule has 0 radical (unpaired) electrons. The van der Waals surface area contributed by atoms with Crippen molar-refractivity contribution in [1.29, 1.82) is 0 Å². The zero-order valence-corrected chi connectivity index (χ0v) is 39.8. The molecule has 2 saturated heterocycles. The van der Waals surface area contributed by atoms with Gasteiger partial charge in [-0.25, -0.2) is 16.8 Å². The monoisotopic (exact) mass is 915 g/mol. The highest BCUT2D eigenvalue weighted by molar-refractivity contribution is 7.89. The number of benzene rings is 6. The summed E-state index contributed by atoms with van der Waals surface area (Å²) in [5.74, 6) is 0. The molecule has 3 heterocycles. The SMILES string of the molecule is CC(C)(C)c1ccc(S(=O)(=O)N2[C@@H](c3cccc([C@H]4N[C@H](c5ccccc5)[C@@H](c5ccccc5)N4S(=O)(=O)c4ccc(C(C)(C)C)cc4)n3)N[C@H](c3ccccc3)[C@H]2c2ccccc2)cc1. The first-order valence-corrected chi connectivity index (χ1v) is 25.4. The van der Waals surface area contributed by atoms with Crippen LogP contribution in [0.25, 0.3) is 0 Å². The van der Waals surface area contributed by atoms with E-state index in [0.29, 0.717) is 11.4 Å². The van der Waals surface area contributed by atoms with E-state index in [9.17, 15) is 0 Å². The van der Waals surface area contributed by atoms with Crippen LogP contribution in [0.5, 0.6) is 0 Å². The number of aromatic nitrogens is 1. The summed E-state index contributed by atoms with van der Waals surface area (Å²) in [6, 6.07) is 56.7. The van der Waals surface area contributed by atoms with E-state index < -0.39 is 56.5 Å². The molecule has 11 heteroatoms. The number of pyridine rings is 1. The fraction of sp³-hybridized carbons (Fsp3) is 0.255. The highest BCUT2D eigenvalue weighted by atomic mass is 32.2. The molecule has 0 unspecified atom stereocenters. The van der Waals surface area contributed by atoms with Crippen molar-refractivity contribution in [2.24, 2.45) is 0 Å². The van der Waals surface area contributed by atoms with Crippen molar-refractivity contribution in [2.45, 2.75) is 98.7 Å². The van der Waals surface area contributed by atoms with Crippen molar-refractivity contribution in [3.8, 4) is 0 Å². The Kier molecular flexibility index (Phi) is 12.2. The summed E-state index contributed by atoms with van der Waals surface area (Å²) in [5.41, 5.74) is 5.99. The average molecular weight is 916 g/mol. The summed E-state index contributed by atoms with van der Waals surface area (Å²) in [6.07, 6.45) is -1.92. The van der Waals surface area contributed by atoms with Gasteiger partial charge in [-0.15, -0.1) is 0 Å². The second kappa shape index (κ2) is 17.8. The van der Waals surface area contributed by atoms with Crippen LogP contribution in [-0.4, -0.2) is 30.4 Å². The fourth-order valence-corrected chi connectivity index (χ4v) is 12.8. The van der Waals surface area contributed by atoms with Gasteiger partial charge >= 0.3 is 0 Å². The number of rotatable bonds is 10. The van der Waals surface area contributed by atoms with Gasteiger partial charge in [0.25, 0.3) is 0 Å². The van der Waals surface area contributed by atoms with Crippen LogP contribution >= 0.6 is 0 Å². The van der Waals surface area contributed by atoms with E-state index in [2.05, 4.69) is 52.2 Å². The topological polar surface area (TPSA) is 112 Å². The maximum Gasteiger partial charge on any atom is 0.245 e. The molecule has 9 rings (SSSR count). The zero-order valence-electron chi connectivity index (χ0n) is 38.2. The quantitative estimate of drug-likeness (QED) is 0.141. The van der Waals surface area contributed by atoms with Gasteiger partial charge in [0, 0.05) is 0 Å². The van der Waals surface area contributed by atoms with Gasteiger partial charge in [-0.1, -0.05) is 193 Å². The first-order valence-electron chi connectivity index (χ1n) is 22.5. The van der Waals surface area contributed by atoms with E-state index in [1.54, 1.807) is 32.9 Å². The highest BCUT2D eigenvalue weighted by Gasteiger charge is 2.52. The summed E-state index contributed by atoms with van der Waals surface area (Å²) >= 11 is 0. The molecule has 2 fully saturated rings. The lowest BCUT2D eigenvalue weighted by Gasteiger charge is -2.31. The third kappa shape index (κ3) is 8.67. The third-order valence-electron chi connectivity index (χ3n) is 12.9. The van der Waals surface area contributed by atoms with E-state index in [4.69, 9.17) is 4.98 Å². The smallest absolute Gasteiger partial charge is 0.245 e. The predicted molar refractivity (Wildman–Crippen MR) is 261 cm³/mol. The van der Waals surface area contributed by atoms with Crippen molar-refractivity contribution in [2.75, 3.05) is 0 Å². The van der Waals surface area contributed by atoms with Gasteiger partial charge in [-0.05, 0) is 80.6 Å². The van der Waals surface area contributed by atoms with Gasteiger partial charge in [0.15, 0.2) is 0 Å². The molecule has 2 N–H and O–H groups in total. The lowest BCUT2D eigenvalue weighted by atomic mass is 9.87. The van der Waals surface area contributed by atoms with E-state index in [-0.39, 0.29) is 20.6 Å². The van der Waals surface area contributed by atoms with Crippen LogP contribution < -0.4 is 10.6 Å². The summed E-state index contributed by atoms with van der Waals surface area (Å²) < 4.78 is 65.0. The Hall–Kier alpha value is -5.79. The van der Waals surface area contributed by atoms with Crippen LogP contribution in [0.3, 0.4) is 0 Å². The van der Waals surface area contributed by atoms with E-state index >= 15 is 16.8 Å². The minimum absolute atomic E-state index is 0.164. The number of hydrogen-bond donors (Lipinski definition) is 2. The lowest BCUT2D eigenvalue weighted by Crippen LogP contribution is -2.37. The largest absolute Gasteiger partial charge is 0.287 e. The van der Waals surface area contributed by atoms with Crippen LogP contribution in [0, 0.1) is 0 Å². The first-order chi connectivity index (χ1) is 31.5. The average Bonchev–Trinajstić information content (AvgIpc) is 3.95. The van der Waals surface area contributed by atoms with Gasteiger partial charge in [-0.2, -0.15) is 8.61 Å². The zero-order chi connectivity index (χ0) is 46.4. The molecule has 338 valence electrons. The van der Waals surface area contributed by atoms with Crippen LogP contribution in [0.15, 0.2) is 198 Å². The second-order valence-corrected chi connectivity index (χ2v) is 23.0. The second-order valence-electron chi connectivity index (χ2n) is 19.3. The maximum absolute atomic E-state index is 15.5. The predicted octanol–water partition coefficient (Wildman–Crippen LogP) is 11.2. The molecule has 9 nitrogen and oxygen atoms in total.